The van der Waals surface area contributed by atoms with Crippen LogP contribution in [-0.2, 0) is 6.54 Å². The highest BCUT2D eigenvalue weighted by Crippen LogP contribution is 2.25. The molecule has 1 rings (SSSR count). The van der Waals surface area contributed by atoms with E-state index in [0.29, 0.717) is 6.61 Å². The lowest BCUT2D eigenvalue weighted by Gasteiger charge is -2.09. The van der Waals surface area contributed by atoms with Crippen molar-refractivity contribution in [3.8, 4) is 5.75 Å². The molecule has 3 nitrogen and oxygen atoms in total. The number of hydrogen-bond acceptors (Lipinski definition) is 3. The van der Waals surface area contributed by atoms with Crippen LogP contribution in [0, 0.1) is 0 Å². The Hall–Kier alpha value is -0.580. The highest BCUT2D eigenvalue weighted by Gasteiger charge is 2.01. The molecule has 0 radical (unpaired) electrons. The number of aliphatic hydroxyl groups is 1. The zero-order valence-electron chi connectivity index (χ0n) is 10.2. The minimum atomic E-state index is 0.274. The maximum Gasteiger partial charge on any atom is 0.133 e. The Morgan fingerprint density at radius 3 is 2.82 bits per heavy atom. The molecule has 0 aromatic heterocycles. The minimum absolute atomic E-state index is 0.274. The lowest BCUT2D eigenvalue weighted by atomic mass is 10.2. The summed E-state index contributed by atoms with van der Waals surface area (Å²) in [4.78, 5) is 0. The molecule has 0 saturated carbocycles. The van der Waals surface area contributed by atoms with Gasteiger partial charge < -0.3 is 15.2 Å². The molecular formula is C13H20BrNO2. The fourth-order valence-electron chi connectivity index (χ4n) is 1.52. The molecule has 2 N–H and O–H groups in total. The minimum Gasteiger partial charge on any atom is -0.493 e. The van der Waals surface area contributed by atoms with Crippen LogP contribution in [0.1, 0.15) is 25.3 Å². The van der Waals surface area contributed by atoms with Crippen LogP contribution in [0.25, 0.3) is 0 Å². The number of hydrogen-bond donors (Lipinski definition) is 2. The highest BCUT2D eigenvalue weighted by molar-refractivity contribution is 9.10. The van der Waals surface area contributed by atoms with Crippen LogP contribution in [0.3, 0.4) is 0 Å². The van der Waals surface area contributed by atoms with Crippen LogP contribution in [-0.4, -0.2) is 24.9 Å². The van der Waals surface area contributed by atoms with E-state index < -0.39 is 0 Å². The third kappa shape index (κ3) is 5.52. The second-order valence-corrected chi connectivity index (χ2v) is 4.66. The van der Waals surface area contributed by atoms with E-state index in [9.17, 15) is 0 Å². The van der Waals surface area contributed by atoms with E-state index in [1.54, 1.807) is 0 Å². The predicted molar refractivity (Wildman–Crippen MR) is 73.3 cm³/mol. The van der Waals surface area contributed by atoms with Gasteiger partial charge in [0.25, 0.3) is 0 Å². The smallest absolute Gasteiger partial charge is 0.133 e. The molecule has 0 saturated heterocycles. The van der Waals surface area contributed by atoms with Crippen molar-refractivity contribution < 1.29 is 9.84 Å². The van der Waals surface area contributed by atoms with E-state index in [0.717, 1.165) is 36.2 Å². The fraction of sp³-hybridized carbons (Fsp3) is 0.538. The lowest BCUT2D eigenvalue weighted by molar-refractivity contribution is 0.283. The van der Waals surface area contributed by atoms with Crippen molar-refractivity contribution in [3.05, 3.63) is 28.2 Å². The number of nitrogens with one attached hydrogen (secondary N) is 1. The first-order chi connectivity index (χ1) is 8.27. The molecule has 0 bridgehead atoms. The molecule has 0 aliphatic heterocycles. The number of ether oxygens (including phenoxy) is 1. The summed E-state index contributed by atoms with van der Waals surface area (Å²) < 4.78 is 6.45. The molecular weight excluding hydrogens is 282 g/mol. The summed E-state index contributed by atoms with van der Waals surface area (Å²) in [6.45, 7) is 4.71. The Morgan fingerprint density at radius 1 is 1.35 bits per heavy atom. The largest absolute Gasteiger partial charge is 0.493 e. The quantitative estimate of drug-likeness (QED) is 0.726. The Balaban J connectivity index is 2.36. The third-order valence-corrected chi connectivity index (χ3v) is 3.01. The first-order valence-corrected chi connectivity index (χ1v) is 6.80. The predicted octanol–water partition coefficient (Wildman–Crippen LogP) is 2.71. The maximum atomic E-state index is 8.65. The van der Waals surface area contributed by atoms with Crippen molar-refractivity contribution in [1.29, 1.82) is 0 Å². The Labute approximate surface area is 111 Å². The van der Waals surface area contributed by atoms with E-state index in [-0.39, 0.29) is 6.61 Å². The molecule has 0 aliphatic carbocycles. The third-order valence-electron chi connectivity index (χ3n) is 2.39. The van der Waals surface area contributed by atoms with E-state index in [1.807, 2.05) is 13.0 Å². The van der Waals surface area contributed by atoms with Gasteiger partial charge in [-0.3, -0.25) is 0 Å². The van der Waals surface area contributed by atoms with Gasteiger partial charge in [-0.15, -0.1) is 0 Å². The van der Waals surface area contributed by atoms with Crippen molar-refractivity contribution in [3.63, 3.8) is 0 Å². The molecule has 4 heteroatoms. The monoisotopic (exact) mass is 301 g/mol. The maximum absolute atomic E-state index is 8.65. The van der Waals surface area contributed by atoms with Crippen LogP contribution < -0.4 is 10.1 Å². The summed E-state index contributed by atoms with van der Waals surface area (Å²) >= 11 is 3.50. The molecule has 1 aromatic carbocycles. The Bertz CT molecular complexity index is 331. The average molecular weight is 302 g/mol. The van der Waals surface area contributed by atoms with E-state index in [2.05, 4.69) is 33.4 Å². The molecule has 0 unspecified atom stereocenters. The van der Waals surface area contributed by atoms with Gasteiger partial charge in [-0.25, -0.2) is 0 Å². The van der Waals surface area contributed by atoms with Gasteiger partial charge in [0, 0.05) is 13.2 Å². The van der Waals surface area contributed by atoms with Crippen molar-refractivity contribution >= 4 is 15.9 Å². The van der Waals surface area contributed by atoms with Gasteiger partial charge in [0.15, 0.2) is 0 Å². The number of benzene rings is 1. The van der Waals surface area contributed by atoms with Gasteiger partial charge in [-0.05, 0) is 59.9 Å². The summed E-state index contributed by atoms with van der Waals surface area (Å²) in [6.07, 6.45) is 1.87. The van der Waals surface area contributed by atoms with Gasteiger partial charge in [0.1, 0.15) is 5.75 Å². The van der Waals surface area contributed by atoms with Gasteiger partial charge in [0.2, 0.25) is 0 Å². The normalized spacial score (nSPS) is 10.5. The summed E-state index contributed by atoms with van der Waals surface area (Å²) in [5, 5.41) is 12.0. The van der Waals surface area contributed by atoms with E-state index >= 15 is 0 Å². The summed E-state index contributed by atoms with van der Waals surface area (Å²) in [7, 11) is 0. The van der Waals surface area contributed by atoms with E-state index in [4.69, 9.17) is 9.84 Å². The Kier molecular flexibility index (Phi) is 7.24. The van der Waals surface area contributed by atoms with Crippen molar-refractivity contribution in [2.24, 2.45) is 0 Å². The van der Waals surface area contributed by atoms with Gasteiger partial charge in [-0.1, -0.05) is 6.07 Å². The van der Waals surface area contributed by atoms with E-state index in [1.165, 1.54) is 5.56 Å². The fourth-order valence-corrected chi connectivity index (χ4v) is 2.06. The standard InChI is InChI=1S/C13H20BrNO2/c1-2-17-13-6-5-11(9-12(13)14)10-15-7-3-4-8-16/h5-6,9,15-16H,2-4,7-8,10H2,1H3. The van der Waals surface area contributed by atoms with Crippen molar-refractivity contribution in [1.82, 2.24) is 5.32 Å². The summed E-state index contributed by atoms with van der Waals surface area (Å²) in [6, 6.07) is 6.12. The number of aliphatic hydroxyl groups excluding tert-OH is 1. The topological polar surface area (TPSA) is 41.5 Å². The van der Waals surface area contributed by atoms with Crippen LogP contribution >= 0.6 is 15.9 Å². The second kappa shape index (κ2) is 8.50. The van der Waals surface area contributed by atoms with Crippen LogP contribution in [0.15, 0.2) is 22.7 Å². The lowest BCUT2D eigenvalue weighted by Crippen LogP contribution is -2.15. The second-order valence-electron chi connectivity index (χ2n) is 3.81. The zero-order chi connectivity index (χ0) is 12.5. The molecule has 0 fully saturated rings. The van der Waals surface area contributed by atoms with Crippen LogP contribution in [0.5, 0.6) is 5.75 Å². The first-order valence-electron chi connectivity index (χ1n) is 6.00. The molecule has 17 heavy (non-hydrogen) atoms. The van der Waals surface area contributed by atoms with Gasteiger partial charge in [-0.2, -0.15) is 0 Å². The molecule has 0 heterocycles. The van der Waals surface area contributed by atoms with Gasteiger partial charge >= 0.3 is 0 Å². The van der Waals surface area contributed by atoms with Crippen LogP contribution in [0.2, 0.25) is 0 Å². The summed E-state index contributed by atoms with van der Waals surface area (Å²) in [5.74, 6) is 0.886. The first kappa shape index (κ1) is 14.5. The molecule has 0 amide bonds. The van der Waals surface area contributed by atoms with Crippen molar-refractivity contribution in [2.75, 3.05) is 19.8 Å². The number of halogens is 1. The van der Waals surface area contributed by atoms with Gasteiger partial charge in [0.05, 0.1) is 11.1 Å². The molecule has 0 aliphatic rings. The molecule has 0 spiro atoms. The van der Waals surface area contributed by atoms with Crippen LogP contribution in [0.4, 0.5) is 0 Å². The average Bonchev–Trinajstić information content (AvgIpc) is 2.32. The molecule has 1 aromatic rings. The summed E-state index contributed by atoms with van der Waals surface area (Å²) in [5.41, 5.74) is 1.23. The SMILES string of the molecule is CCOc1ccc(CNCCCCO)cc1Br. The van der Waals surface area contributed by atoms with Crippen molar-refractivity contribution in [2.45, 2.75) is 26.3 Å². The molecule has 0 atom stereocenters. The zero-order valence-corrected chi connectivity index (χ0v) is 11.8. The number of unbranched alkanes of at least 4 members (excludes halogenated alkanes) is 1. The number of rotatable bonds is 8. The Morgan fingerprint density at radius 2 is 2.18 bits per heavy atom. The molecule has 96 valence electrons. The highest BCUT2D eigenvalue weighted by atomic mass is 79.9.